The van der Waals surface area contributed by atoms with E-state index in [1.54, 1.807) is 11.8 Å². The highest BCUT2D eigenvalue weighted by Crippen LogP contribution is 2.19. The van der Waals surface area contributed by atoms with E-state index in [9.17, 15) is 4.79 Å². The molecular weight excluding hydrogens is 284 g/mol. The van der Waals surface area contributed by atoms with Crippen molar-refractivity contribution in [3.05, 3.63) is 29.3 Å². The lowest BCUT2D eigenvalue weighted by atomic mass is 10.4. The van der Waals surface area contributed by atoms with Gasteiger partial charge in [-0.3, -0.25) is 0 Å². The second-order valence-corrected chi connectivity index (χ2v) is 5.29. The molecule has 0 aliphatic carbocycles. The van der Waals surface area contributed by atoms with Gasteiger partial charge in [0.05, 0.1) is 6.61 Å². The second kappa shape index (κ2) is 9.95. The lowest BCUT2D eigenvalue weighted by Gasteiger charge is -2.07. The van der Waals surface area contributed by atoms with Gasteiger partial charge in [-0.25, -0.2) is 4.79 Å². The fraction of sp³-hybridized carbons (Fsp3) is 0.462. The number of nitrogens with one attached hydrogen (secondary N) is 2. The van der Waals surface area contributed by atoms with Gasteiger partial charge in [-0.15, -0.1) is 11.8 Å². The molecule has 2 amide bonds. The monoisotopic (exact) mass is 302 g/mol. The molecule has 0 radical (unpaired) electrons. The number of hydrogen-bond acceptors (Lipinski definition) is 3. The normalized spacial score (nSPS) is 10.2. The first kappa shape index (κ1) is 16.1. The largest absolute Gasteiger partial charge is 0.380 e. The summed E-state index contributed by atoms with van der Waals surface area (Å²) in [5, 5.41) is 6.24. The van der Waals surface area contributed by atoms with Crippen molar-refractivity contribution in [2.45, 2.75) is 11.8 Å². The van der Waals surface area contributed by atoms with E-state index in [4.69, 9.17) is 16.3 Å². The zero-order valence-corrected chi connectivity index (χ0v) is 12.5. The number of hydrogen-bond donors (Lipinski definition) is 2. The van der Waals surface area contributed by atoms with Crippen molar-refractivity contribution in [3.63, 3.8) is 0 Å². The molecule has 0 unspecified atom stereocenters. The Hall–Kier alpha value is -0.910. The minimum atomic E-state index is -0.156. The molecule has 6 heteroatoms. The van der Waals surface area contributed by atoms with Crippen LogP contribution in [0.4, 0.5) is 4.79 Å². The van der Waals surface area contributed by atoms with Crippen LogP contribution in [0.5, 0.6) is 0 Å². The first-order valence-electron chi connectivity index (χ1n) is 6.20. The average molecular weight is 303 g/mol. The molecule has 0 aromatic heterocycles. The fourth-order valence-electron chi connectivity index (χ4n) is 1.31. The van der Waals surface area contributed by atoms with Crippen molar-refractivity contribution in [1.29, 1.82) is 0 Å². The number of amides is 2. The quantitative estimate of drug-likeness (QED) is 0.573. The summed E-state index contributed by atoms with van der Waals surface area (Å²) in [6, 6.07) is 7.50. The molecule has 0 saturated carbocycles. The fourth-order valence-corrected chi connectivity index (χ4v) is 2.20. The van der Waals surface area contributed by atoms with Gasteiger partial charge in [0.1, 0.15) is 0 Å². The van der Waals surface area contributed by atoms with Gasteiger partial charge in [0, 0.05) is 35.4 Å². The van der Waals surface area contributed by atoms with Crippen LogP contribution in [0.3, 0.4) is 0 Å². The van der Waals surface area contributed by atoms with Crippen molar-refractivity contribution in [2.75, 3.05) is 32.1 Å². The highest BCUT2D eigenvalue weighted by Gasteiger charge is 1.99. The number of carbonyl (C=O) groups is 1. The first-order valence-corrected chi connectivity index (χ1v) is 7.56. The van der Waals surface area contributed by atoms with Gasteiger partial charge in [0.25, 0.3) is 0 Å². The molecule has 0 bridgehead atoms. The van der Waals surface area contributed by atoms with Gasteiger partial charge in [-0.2, -0.15) is 0 Å². The smallest absolute Gasteiger partial charge is 0.314 e. The highest BCUT2D eigenvalue weighted by atomic mass is 35.5. The van der Waals surface area contributed by atoms with E-state index in [2.05, 4.69) is 10.6 Å². The second-order valence-electron chi connectivity index (χ2n) is 3.68. The lowest BCUT2D eigenvalue weighted by Crippen LogP contribution is -2.38. The van der Waals surface area contributed by atoms with E-state index in [0.29, 0.717) is 26.3 Å². The third-order valence-electron chi connectivity index (χ3n) is 2.21. The molecule has 0 saturated heterocycles. The molecule has 1 rings (SSSR count). The van der Waals surface area contributed by atoms with Crippen LogP contribution in [0.1, 0.15) is 6.92 Å². The molecule has 0 heterocycles. The standard InChI is InChI=1S/C13H19ClN2O2S/c1-2-18-9-7-15-13(17)16-8-10-19-12-5-3-11(14)4-6-12/h3-6H,2,7-10H2,1H3,(H2,15,16,17). The summed E-state index contributed by atoms with van der Waals surface area (Å²) in [6.45, 7) is 4.29. The zero-order chi connectivity index (χ0) is 13.9. The molecular formula is C13H19ClN2O2S. The van der Waals surface area contributed by atoms with Crippen LogP contribution in [0.25, 0.3) is 0 Å². The Bertz CT molecular complexity index is 373. The topological polar surface area (TPSA) is 50.4 Å². The maximum absolute atomic E-state index is 11.4. The number of urea groups is 1. The first-order chi connectivity index (χ1) is 9.22. The Morgan fingerprint density at radius 3 is 2.63 bits per heavy atom. The summed E-state index contributed by atoms with van der Waals surface area (Å²) in [6.07, 6.45) is 0. The Balaban J connectivity index is 2.03. The number of halogens is 1. The highest BCUT2D eigenvalue weighted by molar-refractivity contribution is 7.99. The van der Waals surface area contributed by atoms with Crippen molar-refractivity contribution in [1.82, 2.24) is 10.6 Å². The minimum absolute atomic E-state index is 0.156. The Morgan fingerprint density at radius 1 is 1.26 bits per heavy atom. The third kappa shape index (κ3) is 7.97. The summed E-state index contributed by atoms with van der Waals surface area (Å²) in [4.78, 5) is 12.5. The van der Waals surface area contributed by atoms with Crippen molar-refractivity contribution in [3.8, 4) is 0 Å². The SMILES string of the molecule is CCOCCNC(=O)NCCSc1ccc(Cl)cc1. The van der Waals surface area contributed by atoms with E-state index in [1.807, 2.05) is 31.2 Å². The van der Waals surface area contributed by atoms with Gasteiger partial charge >= 0.3 is 6.03 Å². The zero-order valence-electron chi connectivity index (χ0n) is 10.9. The Kier molecular flexibility index (Phi) is 8.45. The Labute approximate surface area is 123 Å². The van der Waals surface area contributed by atoms with Crippen molar-refractivity contribution in [2.24, 2.45) is 0 Å². The maximum Gasteiger partial charge on any atom is 0.314 e. The summed E-state index contributed by atoms with van der Waals surface area (Å²) in [5.41, 5.74) is 0. The van der Waals surface area contributed by atoms with Crippen LogP contribution in [0, 0.1) is 0 Å². The summed E-state index contributed by atoms with van der Waals surface area (Å²) >= 11 is 7.48. The Morgan fingerprint density at radius 2 is 1.95 bits per heavy atom. The van der Waals surface area contributed by atoms with Crippen LogP contribution in [0.2, 0.25) is 5.02 Å². The molecule has 2 N–H and O–H groups in total. The van der Waals surface area contributed by atoms with Crippen LogP contribution in [0.15, 0.2) is 29.2 Å². The predicted molar refractivity (Wildman–Crippen MR) is 80.1 cm³/mol. The van der Waals surface area contributed by atoms with Crippen LogP contribution in [-0.2, 0) is 4.74 Å². The molecule has 1 aromatic carbocycles. The number of rotatable bonds is 8. The van der Waals surface area contributed by atoms with Gasteiger partial charge in [0.2, 0.25) is 0 Å². The molecule has 0 spiro atoms. The summed E-state index contributed by atoms with van der Waals surface area (Å²) < 4.78 is 5.12. The van der Waals surface area contributed by atoms with E-state index in [-0.39, 0.29) is 6.03 Å². The molecule has 106 valence electrons. The van der Waals surface area contributed by atoms with Crippen LogP contribution < -0.4 is 10.6 Å². The third-order valence-corrected chi connectivity index (χ3v) is 3.47. The van der Waals surface area contributed by atoms with Crippen molar-refractivity contribution < 1.29 is 9.53 Å². The van der Waals surface area contributed by atoms with Gasteiger partial charge in [-0.05, 0) is 31.2 Å². The van der Waals surface area contributed by atoms with E-state index in [1.165, 1.54) is 0 Å². The molecule has 0 fully saturated rings. The molecule has 4 nitrogen and oxygen atoms in total. The van der Waals surface area contributed by atoms with E-state index < -0.39 is 0 Å². The molecule has 19 heavy (non-hydrogen) atoms. The van der Waals surface area contributed by atoms with Gasteiger partial charge < -0.3 is 15.4 Å². The number of carbonyl (C=O) groups excluding carboxylic acids is 1. The average Bonchev–Trinajstić information content (AvgIpc) is 2.42. The summed E-state index contributed by atoms with van der Waals surface area (Å²) in [5.74, 6) is 0.820. The minimum Gasteiger partial charge on any atom is -0.380 e. The predicted octanol–water partition coefficient (Wildman–Crippen LogP) is 2.77. The van der Waals surface area contributed by atoms with Gasteiger partial charge in [0.15, 0.2) is 0 Å². The van der Waals surface area contributed by atoms with E-state index in [0.717, 1.165) is 15.7 Å². The summed E-state index contributed by atoms with van der Waals surface area (Å²) in [7, 11) is 0. The van der Waals surface area contributed by atoms with Gasteiger partial charge in [-0.1, -0.05) is 11.6 Å². The van der Waals surface area contributed by atoms with Crippen LogP contribution >= 0.6 is 23.4 Å². The van der Waals surface area contributed by atoms with E-state index >= 15 is 0 Å². The number of benzene rings is 1. The molecule has 1 aromatic rings. The number of ether oxygens (including phenoxy) is 1. The molecule has 0 aliphatic rings. The number of thioether (sulfide) groups is 1. The van der Waals surface area contributed by atoms with Crippen LogP contribution in [-0.4, -0.2) is 38.1 Å². The van der Waals surface area contributed by atoms with Crippen molar-refractivity contribution >= 4 is 29.4 Å². The lowest BCUT2D eigenvalue weighted by molar-refractivity contribution is 0.149. The maximum atomic E-state index is 11.4. The molecule has 0 aliphatic heterocycles. The molecule has 0 atom stereocenters.